The Bertz CT molecular complexity index is 1090. The van der Waals surface area contributed by atoms with Gasteiger partial charge in [0.25, 0.3) is 5.91 Å². The van der Waals surface area contributed by atoms with Crippen molar-refractivity contribution in [3.05, 3.63) is 53.1 Å². The molecule has 0 radical (unpaired) electrons. The number of hydrogen-bond acceptors (Lipinski definition) is 5. The van der Waals surface area contributed by atoms with Gasteiger partial charge in [0.05, 0.1) is 27.6 Å². The van der Waals surface area contributed by atoms with Gasteiger partial charge >= 0.3 is 0 Å². The maximum absolute atomic E-state index is 13.4. The molecule has 1 aromatic carbocycles. The van der Waals surface area contributed by atoms with Gasteiger partial charge in [-0.25, -0.2) is 9.37 Å². The zero-order valence-electron chi connectivity index (χ0n) is 15.6. The van der Waals surface area contributed by atoms with E-state index in [0.29, 0.717) is 35.7 Å². The van der Waals surface area contributed by atoms with E-state index in [2.05, 4.69) is 10.3 Å². The van der Waals surface area contributed by atoms with Crippen LogP contribution in [0.1, 0.15) is 10.4 Å². The van der Waals surface area contributed by atoms with Crippen molar-refractivity contribution >= 4 is 50.5 Å². The first kappa shape index (κ1) is 20.0. The van der Waals surface area contributed by atoms with E-state index in [1.807, 2.05) is 23.9 Å². The third-order valence-corrected chi connectivity index (χ3v) is 6.94. The summed E-state index contributed by atoms with van der Waals surface area (Å²) in [5.41, 5.74) is 1.72. The highest BCUT2D eigenvalue weighted by atomic mass is 35.5. The van der Waals surface area contributed by atoms with Crippen LogP contribution in [-0.4, -0.2) is 54.1 Å². The molecule has 0 spiro atoms. The molecule has 4 rings (SSSR count). The van der Waals surface area contributed by atoms with E-state index in [4.69, 9.17) is 11.6 Å². The summed E-state index contributed by atoms with van der Waals surface area (Å²) in [6, 6.07) is 6.15. The quantitative estimate of drug-likeness (QED) is 0.566. The third kappa shape index (κ3) is 3.91. The molecule has 29 heavy (non-hydrogen) atoms. The first-order chi connectivity index (χ1) is 13.7. The maximum Gasteiger partial charge on any atom is 0.257 e. The predicted molar refractivity (Wildman–Crippen MR) is 114 cm³/mol. The van der Waals surface area contributed by atoms with Crippen molar-refractivity contribution in [2.75, 3.05) is 29.9 Å². The number of aryl methyl sites for hydroxylation is 1. The first-order valence-electron chi connectivity index (χ1n) is 8.94. The van der Waals surface area contributed by atoms with Crippen LogP contribution in [0.2, 0.25) is 5.02 Å². The van der Waals surface area contributed by atoms with E-state index < -0.39 is 16.4 Å². The van der Waals surface area contributed by atoms with Gasteiger partial charge in [-0.1, -0.05) is 11.6 Å². The zero-order valence-corrected chi connectivity index (χ0v) is 17.2. The number of carbonyl (C=O) groups is 1. The molecule has 10 heteroatoms. The number of nitrogens with one attached hydrogen (secondary N) is 1. The minimum Gasteiger partial charge on any atom is -0.350 e. The lowest BCUT2D eigenvalue weighted by Gasteiger charge is -2.40. The smallest absolute Gasteiger partial charge is 0.257 e. The fraction of sp³-hybridized carbons (Fsp3) is 0.263. The molecule has 1 aliphatic rings. The number of hydrogen-bond donors (Lipinski definition) is 3. The van der Waals surface area contributed by atoms with E-state index in [-0.39, 0.29) is 22.4 Å². The lowest BCUT2D eigenvalue weighted by Crippen LogP contribution is -2.42. The fourth-order valence-electron chi connectivity index (χ4n) is 3.38. The molecular weight excluding hydrogens is 419 g/mol. The second-order valence-electron chi connectivity index (χ2n) is 6.97. The highest BCUT2D eigenvalue weighted by molar-refractivity contribution is 8.24. The molecule has 7 nitrogen and oxygen atoms in total. The van der Waals surface area contributed by atoms with Crippen molar-refractivity contribution in [3.8, 4) is 0 Å². The van der Waals surface area contributed by atoms with Crippen molar-refractivity contribution in [1.29, 1.82) is 0 Å². The number of amides is 1. The molecular formula is C19H20ClFN4O3S. The normalized spacial score (nSPS) is 17.3. The SMILES string of the molecule is Cn1ccc2c(Nc3ccc(F)c(Cl)c3)ncc(C(=O)N3CCS(O)(O)CC3)c21. The number of aromatic nitrogens is 2. The first-order valence-corrected chi connectivity index (χ1v) is 11.2. The second kappa shape index (κ2) is 7.49. The molecule has 0 unspecified atom stereocenters. The average Bonchev–Trinajstić information content (AvgIpc) is 3.07. The Morgan fingerprint density at radius 1 is 1.28 bits per heavy atom. The van der Waals surface area contributed by atoms with Crippen molar-refractivity contribution in [1.82, 2.24) is 14.5 Å². The second-order valence-corrected chi connectivity index (χ2v) is 9.79. The Morgan fingerprint density at radius 2 is 2.00 bits per heavy atom. The number of anilines is 2. The lowest BCUT2D eigenvalue weighted by atomic mass is 10.1. The topological polar surface area (TPSA) is 90.6 Å². The molecule has 1 fully saturated rings. The molecule has 1 amide bonds. The van der Waals surface area contributed by atoms with Crippen LogP contribution in [0.5, 0.6) is 0 Å². The van der Waals surface area contributed by atoms with Gasteiger partial charge in [0, 0.05) is 43.6 Å². The van der Waals surface area contributed by atoms with E-state index in [0.717, 1.165) is 5.39 Å². The van der Waals surface area contributed by atoms with Gasteiger partial charge in [0.15, 0.2) is 0 Å². The molecule has 2 aromatic heterocycles. The number of pyridine rings is 1. The van der Waals surface area contributed by atoms with Gasteiger partial charge in [0.2, 0.25) is 0 Å². The van der Waals surface area contributed by atoms with Gasteiger partial charge in [-0.15, -0.1) is 0 Å². The number of fused-ring (bicyclic) bond motifs is 1. The molecule has 1 aliphatic heterocycles. The number of carbonyl (C=O) groups excluding carboxylic acids is 1. The molecule has 3 aromatic rings. The minimum atomic E-state index is -2.58. The van der Waals surface area contributed by atoms with Crippen LogP contribution in [0, 0.1) is 5.82 Å². The molecule has 0 saturated carbocycles. The van der Waals surface area contributed by atoms with E-state index in [1.165, 1.54) is 18.3 Å². The van der Waals surface area contributed by atoms with E-state index in [9.17, 15) is 18.3 Å². The highest BCUT2D eigenvalue weighted by Crippen LogP contribution is 2.40. The predicted octanol–water partition coefficient (Wildman–Crippen LogP) is 4.32. The number of benzene rings is 1. The Morgan fingerprint density at radius 3 is 2.69 bits per heavy atom. The van der Waals surface area contributed by atoms with Crippen LogP contribution < -0.4 is 5.32 Å². The summed E-state index contributed by atoms with van der Waals surface area (Å²) in [5.74, 6) is 0.193. The van der Waals surface area contributed by atoms with Crippen molar-refractivity contribution in [2.24, 2.45) is 7.05 Å². The van der Waals surface area contributed by atoms with Crippen molar-refractivity contribution < 1.29 is 18.3 Å². The van der Waals surface area contributed by atoms with Crippen molar-refractivity contribution in [3.63, 3.8) is 0 Å². The molecule has 3 N–H and O–H groups in total. The van der Waals surface area contributed by atoms with Crippen LogP contribution in [0.3, 0.4) is 0 Å². The zero-order chi connectivity index (χ0) is 20.8. The molecule has 0 atom stereocenters. The Kier molecular flexibility index (Phi) is 5.16. The van der Waals surface area contributed by atoms with Gasteiger partial charge in [-0.3, -0.25) is 13.9 Å². The number of halogens is 2. The summed E-state index contributed by atoms with van der Waals surface area (Å²) in [7, 11) is -0.744. The Labute approximate surface area is 173 Å². The summed E-state index contributed by atoms with van der Waals surface area (Å²) in [5, 5.41) is 3.86. The lowest BCUT2D eigenvalue weighted by molar-refractivity contribution is 0.0769. The number of nitrogens with zero attached hydrogens (tertiary/aromatic N) is 3. The highest BCUT2D eigenvalue weighted by Gasteiger charge is 2.28. The van der Waals surface area contributed by atoms with Crippen LogP contribution in [0.25, 0.3) is 10.9 Å². The Hall–Kier alpha value is -2.33. The summed E-state index contributed by atoms with van der Waals surface area (Å²) in [4.78, 5) is 19.1. The summed E-state index contributed by atoms with van der Waals surface area (Å²) in [6.07, 6.45) is 3.34. The average molecular weight is 439 g/mol. The van der Waals surface area contributed by atoms with Gasteiger partial charge in [0.1, 0.15) is 11.6 Å². The van der Waals surface area contributed by atoms with Gasteiger partial charge in [-0.2, -0.15) is 10.6 Å². The van der Waals surface area contributed by atoms with E-state index in [1.54, 1.807) is 11.0 Å². The fourth-order valence-corrected chi connectivity index (χ4v) is 4.79. The van der Waals surface area contributed by atoms with Crippen LogP contribution >= 0.6 is 22.2 Å². The minimum absolute atomic E-state index is 0.00201. The molecule has 0 bridgehead atoms. The van der Waals surface area contributed by atoms with Crippen LogP contribution in [0.4, 0.5) is 15.9 Å². The molecule has 154 valence electrons. The van der Waals surface area contributed by atoms with Gasteiger partial charge < -0.3 is 14.8 Å². The van der Waals surface area contributed by atoms with Gasteiger partial charge in [-0.05, 0) is 24.3 Å². The summed E-state index contributed by atoms with van der Waals surface area (Å²) < 4.78 is 34.8. The van der Waals surface area contributed by atoms with Crippen LogP contribution in [0.15, 0.2) is 36.7 Å². The van der Waals surface area contributed by atoms with E-state index >= 15 is 0 Å². The standard InChI is InChI=1S/C19H20ClFN4O3S/c1-24-5-4-13-17(24)14(19(26)25-6-8-29(27,28)9-7-25)11-22-18(13)23-12-2-3-16(21)15(20)10-12/h2-5,10-11,27-28H,6-9H2,1H3,(H,22,23). The molecule has 0 aliphatic carbocycles. The molecule has 1 saturated heterocycles. The Balaban J connectivity index is 1.67. The monoisotopic (exact) mass is 438 g/mol. The third-order valence-electron chi connectivity index (χ3n) is 4.98. The summed E-state index contributed by atoms with van der Waals surface area (Å²) >= 11 is 5.85. The maximum atomic E-state index is 13.4. The number of rotatable bonds is 3. The summed E-state index contributed by atoms with van der Waals surface area (Å²) in [6.45, 7) is 0.586. The van der Waals surface area contributed by atoms with Crippen molar-refractivity contribution in [2.45, 2.75) is 0 Å². The molecule has 3 heterocycles. The largest absolute Gasteiger partial charge is 0.350 e. The van der Waals surface area contributed by atoms with Crippen LogP contribution in [-0.2, 0) is 7.05 Å².